The summed E-state index contributed by atoms with van der Waals surface area (Å²) in [7, 11) is 3.33. The molecule has 0 amide bonds. The van der Waals surface area contributed by atoms with Gasteiger partial charge in [-0.25, -0.2) is 9.62 Å². The highest BCUT2D eigenvalue weighted by atomic mass is 16.6. The van der Waals surface area contributed by atoms with Crippen molar-refractivity contribution in [2.75, 3.05) is 14.1 Å². The number of nitro benzene ring substituents is 2. The van der Waals surface area contributed by atoms with E-state index in [0.29, 0.717) is 0 Å². The van der Waals surface area contributed by atoms with Crippen LogP contribution in [-0.2, 0) is 0 Å². The van der Waals surface area contributed by atoms with Crippen LogP contribution >= 0.6 is 0 Å². The molecule has 0 bridgehead atoms. The Morgan fingerprint density at radius 3 is 2.35 bits per heavy atom. The molecule has 0 spiro atoms. The average Bonchev–Trinajstić information content (AvgIpc) is 2.83. The zero-order valence-electron chi connectivity index (χ0n) is 10.4. The molecule has 0 saturated carbocycles. The fourth-order valence-corrected chi connectivity index (χ4v) is 1.48. The summed E-state index contributed by atoms with van der Waals surface area (Å²) in [6.45, 7) is 0. The van der Waals surface area contributed by atoms with E-state index in [0.717, 1.165) is 6.07 Å². The zero-order valence-corrected chi connectivity index (χ0v) is 10.4. The van der Waals surface area contributed by atoms with Gasteiger partial charge in [0.2, 0.25) is 5.52 Å². The van der Waals surface area contributed by atoms with Crippen molar-refractivity contribution in [2.24, 2.45) is 4.99 Å². The molecule has 11 heteroatoms. The molecular formula is C9H8N6O5. The van der Waals surface area contributed by atoms with Crippen LogP contribution in [0.5, 0.6) is 0 Å². The number of nitrogens with zero attached hydrogens (tertiary/aromatic N) is 6. The molecule has 1 aromatic carbocycles. The fraction of sp³-hybridized carbons (Fsp3) is 0.222. The molecule has 0 fully saturated rings. The van der Waals surface area contributed by atoms with Crippen molar-refractivity contribution < 1.29 is 14.5 Å². The van der Waals surface area contributed by atoms with Gasteiger partial charge in [-0.15, -0.1) is 0 Å². The van der Waals surface area contributed by atoms with Crippen molar-refractivity contribution in [2.45, 2.75) is 0 Å². The molecule has 0 aliphatic rings. The van der Waals surface area contributed by atoms with E-state index in [-0.39, 0.29) is 16.7 Å². The molecule has 0 unspecified atom stereocenters. The van der Waals surface area contributed by atoms with E-state index in [1.165, 1.54) is 6.34 Å². The summed E-state index contributed by atoms with van der Waals surface area (Å²) in [5.74, 6) is 0. The molecule has 0 aliphatic carbocycles. The second-order valence-corrected chi connectivity index (χ2v) is 3.95. The first-order chi connectivity index (χ1) is 9.41. The summed E-state index contributed by atoms with van der Waals surface area (Å²) in [5, 5.41) is 28.8. The second kappa shape index (κ2) is 4.87. The Labute approximate surface area is 110 Å². The highest BCUT2D eigenvalue weighted by Gasteiger charge is 2.29. The van der Waals surface area contributed by atoms with Crippen LogP contribution < -0.4 is 0 Å². The largest absolute Gasteiger partial charge is 0.369 e. The second-order valence-electron chi connectivity index (χ2n) is 3.95. The van der Waals surface area contributed by atoms with E-state index >= 15 is 0 Å². The van der Waals surface area contributed by atoms with Gasteiger partial charge >= 0.3 is 11.4 Å². The number of nitro groups is 2. The quantitative estimate of drug-likeness (QED) is 0.352. The predicted octanol–water partition coefficient (Wildman–Crippen LogP) is 1.26. The number of rotatable bonds is 4. The van der Waals surface area contributed by atoms with Crippen molar-refractivity contribution in [1.82, 2.24) is 15.2 Å². The number of hydrogen-bond donors (Lipinski definition) is 0. The molecule has 20 heavy (non-hydrogen) atoms. The summed E-state index contributed by atoms with van der Waals surface area (Å²) in [6.07, 6.45) is 1.31. The number of aromatic nitrogens is 2. The Morgan fingerprint density at radius 1 is 1.20 bits per heavy atom. The van der Waals surface area contributed by atoms with Crippen LogP contribution in [0.25, 0.3) is 11.0 Å². The highest BCUT2D eigenvalue weighted by Crippen LogP contribution is 2.39. The van der Waals surface area contributed by atoms with E-state index in [9.17, 15) is 20.2 Å². The average molecular weight is 280 g/mol. The molecule has 2 aromatic rings. The molecule has 1 aromatic heterocycles. The molecular weight excluding hydrogens is 272 g/mol. The molecule has 0 saturated heterocycles. The van der Waals surface area contributed by atoms with Crippen LogP contribution in [0.4, 0.5) is 17.1 Å². The van der Waals surface area contributed by atoms with Crippen molar-refractivity contribution in [3.63, 3.8) is 0 Å². The van der Waals surface area contributed by atoms with Gasteiger partial charge in [-0.2, -0.15) is 0 Å². The van der Waals surface area contributed by atoms with Gasteiger partial charge in [0, 0.05) is 14.1 Å². The van der Waals surface area contributed by atoms with E-state index in [1.54, 1.807) is 19.0 Å². The predicted molar refractivity (Wildman–Crippen MR) is 67.0 cm³/mol. The van der Waals surface area contributed by atoms with Crippen molar-refractivity contribution in [3.05, 3.63) is 26.3 Å². The summed E-state index contributed by atoms with van der Waals surface area (Å²) >= 11 is 0. The van der Waals surface area contributed by atoms with Crippen LogP contribution in [0, 0.1) is 20.2 Å². The third-order valence-electron chi connectivity index (χ3n) is 2.28. The topological polar surface area (TPSA) is 141 Å². The normalized spacial score (nSPS) is 11.1. The fourth-order valence-electron chi connectivity index (χ4n) is 1.48. The standard InChI is InChI=1S/C9H8N6O5/c1-13(2)4-10-7-5(14(16)17)3-6(15(18)19)8-9(7)12-20-11-8/h3-4H,1-2H3. The Hall–Kier alpha value is -3.11. The molecule has 11 nitrogen and oxygen atoms in total. The van der Waals surface area contributed by atoms with Crippen LogP contribution in [0.2, 0.25) is 0 Å². The number of benzene rings is 1. The van der Waals surface area contributed by atoms with Crippen molar-refractivity contribution in [3.8, 4) is 0 Å². The first-order valence-electron chi connectivity index (χ1n) is 5.20. The van der Waals surface area contributed by atoms with Gasteiger partial charge in [0.15, 0.2) is 11.2 Å². The van der Waals surface area contributed by atoms with Crippen LogP contribution in [0.3, 0.4) is 0 Å². The van der Waals surface area contributed by atoms with Gasteiger partial charge in [-0.05, 0) is 10.3 Å². The highest BCUT2D eigenvalue weighted by molar-refractivity contribution is 5.98. The van der Waals surface area contributed by atoms with E-state index in [1.807, 2.05) is 0 Å². The minimum absolute atomic E-state index is 0.135. The van der Waals surface area contributed by atoms with Gasteiger partial charge in [-0.3, -0.25) is 20.2 Å². The van der Waals surface area contributed by atoms with Crippen molar-refractivity contribution in [1.29, 1.82) is 0 Å². The van der Waals surface area contributed by atoms with Crippen molar-refractivity contribution >= 4 is 34.4 Å². The van der Waals surface area contributed by atoms with E-state index in [2.05, 4.69) is 19.9 Å². The molecule has 0 aliphatic heterocycles. The molecule has 2 rings (SSSR count). The first-order valence-corrected chi connectivity index (χ1v) is 5.20. The monoisotopic (exact) mass is 280 g/mol. The molecule has 104 valence electrons. The third kappa shape index (κ3) is 2.23. The summed E-state index contributed by atoms with van der Waals surface area (Å²) in [6, 6.07) is 0.787. The Kier molecular flexibility index (Phi) is 3.25. The third-order valence-corrected chi connectivity index (χ3v) is 2.28. The van der Waals surface area contributed by atoms with Gasteiger partial charge in [0.1, 0.15) is 0 Å². The van der Waals surface area contributed by atoms with Gasteiger partial charge < -0.3 is 4.90 Å². The summed E-state index contributed by atoms with van der Waals surface area (Å²) < 4.78 is 4.42. The minimum Gasteiger partial charge on any atom is -0.369 e. The molecule has 0 radical (unpaired) electrons. The van der Waals surface area contributed by atoms with Gasteiger partial charge in [0.05, 0.1) is 22.3 Å². The zero-order chi connectivity index (χ0) is 14.9. The van der Waals surface area contributed by atoms with Crippen LogP contribution in [-0.4, -0.2) is 45.5 Å². The lowest BCUT2D eigenvalue weighted by Gasteiger charge is -2.03. The lowest BCUT2D eigenvalue weighted by atomic mass is 10.2. The summed E-state index contributed by atoms with van der Waals surface area (Å²) in [4.78, 5) is 25.8. The van der Waals surface area contributed by atoms with E-state index < -0.39 is 21.2 Å². The Morgan fingerprint density at radius 2 is 1.80 bits per heavy atom. The Bertz CT molecular complexity index is 721. The van der Waals surface area contributed by atoms with Gasteiger partial charge in [-0.1, -0.05) is 0 Å². The maximum atomic E-state index is 11.0. The molecule has 0 N–H and O–H groups in total. The lowest BCUT2D eigenvalue weighted by Crippen LogP contribution is -2.07. The summed E-state index contributed by atoms with van der Waals surface area (Å²) in [5.41, 5.74) is -1.57. The minimum atomic E-state index is -0.793. The van der Waals surface area contributed by atoms with Crippen LogP contribution in [0.1, 0.15) is 0 Å². The maximum absolute atomic E-state index is 11.0. The van der Waals surface area contributed by atoms with Gasteiger partial charge in [0.25, 0.3) is 0 Å². The number of hydrogen-bond acceptors (Lipinski definition) is 8. The number of aliphatic imine (C=N–C) groups is 1. The maximum Gasteiger partial charge on any atom is 0.307 e. The van der Waals surface area contributed by atoms with E-state index in [4.69, 9.17) is 0 Å². The molecule has 1 heterocycles. The first kappa shape index (κ1) is 13.3. The molecule has 0 atom stereocenters. The smallest absolute Gasteiger partial charge is 0.307 e. The van der Waals surface area contributed by atoms with Crippen LogP contribution in [0.15, 0.2) is 15.7 Å². The SMILES string of the molecule is CN(C)C=Nc1c([N+](=O)[O-])cc([N+](=O)[O-])c2nonc12. The number of non-ortho nitro benzene ring substituents is 1. The lowest BCUT2D eigenvalue weighted by molar-refractivity contribution is -0.392. The number of fused-ring (bicyclic) bond motifs is 1. The Balaban J connectivity index is 2.80.